The van der Waals surface area contributed by atoms with Gasteiger partial charge < -0.3 is 14.6 Å². The summed E-state index contributed by atoms with van der Waals surface area (Å²) in [7, 11) is 1.65. The lowest BCUT2D eigenvalue weighted by molar-refractivity contribution is -0.121. The zero-order valence-corrected chi connectivity index (χ0v) is 19.6. The van der Waals surface area contributed by atoms with Crippen LogP contribution in [0.2, 0.25) is 0 Å². The summed E-state index contributed by atoms with van der Waals surface area (Å²) >= 11 is 4.55. The molecule has 0 spiro atoms. The average molecular weight is 505 g/mol. The fourth-order valence-corrected chi connectivity index (χ4v) is 4.19. The molecule has 1 saturated heterocycles. The van der Waals surface area contributed by atoms with Gasteiger partial charge in [0.05, 0.1) is 33.8 Å². The van der Waals surface area contributed by atoms with E-state index in [1.807, 2.05) is 6.92 Å². The fraction of sp³-hybridized carbons (Fsp3) is 0.227. The van der Waals surface area contributed by atoms with Crippen molar-refractivity contribution in [3.05, 3.63) is 56.9 Å². The minimum absolute atomic E-state index is 0.0139. The van der Waals surface area contributed by atoms with E-state index in [0.29, 0.717) is 50.3 Å². The molecule has 0 atom stereocenters. The largest absolute Gasteiger partial charge is 0.503 e. The molecule has 9 heteroatoms. The zero-order valence-electron chi connectivity index (χ0n) is 17.2. The number of rotatable bonds is 6. The third-order valence-corrected chi connectivity index (χ3v) is 5.92. The standard InChI is InChI=1S/C22H21BrN2O5S/c1-4-29-17-11-13(10-16(23)19(17)26)12-18-20(27)25(3)22(31-18)24-15-8-6-14(7-9-15)21(28)30-5-2/h6-12,26H,4-5H2,1-3H3. The molecule has 31 heavy (non-hydrogen) atoms. The quantitative estimate of drug-likeness (QED) is 0.441. The Labute approximate surface area is 192 Å². The van der Waals surface area contributed by atoms with E-state index < -0.39 is 0 Å². The average Bonchev–Trinajstić information content (AvgIpc) is 3.00. The van der Waals surface area contributed by atoms with Crippen molar-refractivity contribution in [1.29, 1.82) is 0 Å². The molecular weight excluding hydrogens is 484 g/mol. The summed E-state index contributed by atoms with van der Waals surface area (Å²) in [6, 6.07) is 10.1. The molecule has 1 amide bonds. The number of ether oxygens (including phenoxy) is 2. The highest BCUT2D eigenvalue weighted by Crippen LogP contribution is 2.38. The van der Waals surface area contributed by atoms with Crippen molar-refractivity contribution in [2.45, 2.75) is 13.8 Å². The molecule has 0 saturated carbocycles. The summed E-state index contributed by atoms with van der Waals surface area (Å²) in [5.41, 5.74) is 1.76. The third-order valence-electron chi connectivity index (χ3n) is 4.26. The van der Waals surface area contributed by atoms with E-state index in [1.54, 1.807) is 56.4 Å². The van der Waals surface area contributed by atoms with Gasteiger partial charge in [-0.15, -0.1) is 0 Å². The van der Waals surface area contributed by atoms with Crippen LogP contribution in [0.15, 0.2) is 50.8 Å². The number of thioether (sulfide) groups is 1. The second-order valence-corrected chi connectivity index (χ2v) is 8.28. The van der Waals surface area contributed by atoms with E-state index in [4.69, 9.17) is 9.47 Å². The lowest BCUT2D eigenvalue weighted by atomic mass is 10.2. The van der Waals surface area contributed by atoms with E-state index in [0.717, 1.165) is 0 Å². The molecule has 0 radical (unpaired) electrons. The molecule has 0 unspecified atom stereocenters. The normalized spacial score (nSPS) is 16.3. The Morgan fingerprint density at radius 1 is 1.23 bits per heavy atom. The summed E-state index contributed by atoms with van der Waals surface area (Å²) in [5.74, 6) is -0.224. The summed E-state index contributed by atoms with van der Waals surface area (Å²) in [6.45, 7) is 4.29. The smallest absolute Gasteiger partial charge is 0.338 e. The monoisotopic (exact) mass is 504 g/mol. The van der Waals surface area contributed by atoms with Gasteiger partial charge in [-0.1, -0.05) is 0 Å². The summed E-state index contributed by atoms with van der Waals surface area (Å²) in [6.07, 6.45) is 1.72. The number of esters is 1. The number of aromatic hydroxyl groups is 1. The van der Waals surface area contributed by atoms with Gasteiger partial charge in [-0.25, -0.2) is 9.79 Å². The first-order valence-electron chi connectivity index (χ1n) is 9.52. The van der Waals surface area contributed by atoms with E-state index in [2.05, 4.69) is 20.9 Å². The van der Waals surface area contributed by atoms with Crippen LogP contribution in [0.4, 0.5) is 5.69 Å². The molecule has 1 heterocycles. The van der Waals surface area contributed by atoms with Crippen LogP contribution in [0.5, 0.6) is 11.5 Å². The highest BCUT2D eigenvalue weighted by Gasteiger charge is 2.30. The first-order chi connectivity index (χ1) is 14.8. The third kappa shape index (κ3) is 5.29. The number of hydrogen-bond donors (Lipinski definition) is 1. The molecule has 2 aromatic carbocycles. The van der Waals surface area contributed by atoms with Crippen molar-refractivity contribution in [1.82, 2.24) is 4.90 Å². The summed E-state index contributed by atoms with van der Waals surface area (Å²) in [4.78, 5) is 30.9. The van der Waals surface area contributed by atoms with Gasteiger partial charge in [0, 0.05) is 7.05 Å². The van der Waals surface area contributed by atoms with Crippen LogP contribution in [-0.4, -0.2) is 47.3 Å². The van der Waals surface area contributed by atoms with Crippen molar-refractivity contribution < 1.29 is 24.2 Å². The Balaban J connectivity index is 1.84. The maximum atomic E-state index is 12.7. The molecule has 7 nitrogen and oxygen atoms in total. The van der Waals surface area contributed by atoms with Gasteiger partial charge in [-0.3, -0.25) is 9.69 Å². The molecule has 1 aliphatic heterocycles. The predicted molar refractivity (Wildman–Crippen MR) is 125 cm³/mol. The van der Waals surface area contributed by atoms with Gasteiger partial charge in [0.1, 0.15) is 0 Å². The van der Waals surface area contributed by atoms with Crippen LogP contribution in [0, 0.1) is 0 Å². The number of carbonyl (C=O) groups is 2. The Bertz CT molecular complexity index is 1070. The number of amides is 1. The molecule has 0 bridgehead atoms. The van der Waals surface area contributed by atoms with Crippen molar-refractivity contribution in [3.63, 3.8) is 0 Å². The Hall–Kier alpha value is -2.78. The second kappa shape index (κ2) is 10.0. The molecule has 162 valence electrons. The maximum Gasteiger partial charge on any atom is 0.338 e. The van der Waals surface area contributed by atoms with Gasteiger partial charge in [0.25, 0.3) is 5.91 Å². The number of benzene rings is 2. The van der Waals surface area contributed by atoms with Gasteiger partial charge in [-0.2, -0.15) is 0 Å². The minimum atomic E-state index is -0.388. The van der Waals surface area contributed by atoms with Crippen LogP contribution in [0.25, 0.3) is 6.08 Å². The number of aliphatic imine (C=N–C) groups is 1. The van der Waals surface area contributed by atoms with Crippen molar-refractivity contribution >= 4 is 56.5 Å². The van der Waals surface area contributed by atoms with E-state index in [-0.39, 0.29) is 17.6 Å². The molecule has 1 N–H and O–H groups in total. The zero-order chi connectivity index (χ0) is 22.5. The van der Waals surface area contributed by atoms with Crippen molar-refractivity contribution in [2.24, 2.45) is 4.99 Å². The topological polar surface area (TPSA) is 88.4 Å². The second-order valence-electron chi connectivity index (χ2n) is 6.42. The number of nitrogens with zero attached hydrogens (tertiary/aromatic N) is 2. The van der Waals surface area contributed by atoms with Gasteiger partial charge in [-0.05, 0) is 89.6 Å². The molecule has 3 rings (SSSR count). The highest BCUT2D eigenvalue weighted by atomic mass is 79.9. The van der Waals surface area contributed by atoms with Crippen LogP contribution in [-0.2, 0) is 9.53 Å². The Kier molecular flexibility index (Phi) is 7.40. The first kappa shape index (κ1) is 22.9. The summed E-state index contributed by atoms with van der Waals surface area (Å²) in [5, 5.41) is 10.6. The number of halogens is 1. The number of phenols is 1. The van der Waals surface area contributed by atoms with Crippen LogP contribution in [0.1, 0.15) is 29.8 Å². The Morgan fingerprint density at radius 3 is 2.58 bits per heavy atom. The van der Waals surface area contributed by atoms with Crippen LogP contribution >= 0.6 is 27.7 Å². The lowest BCUT2D eigenvalue weighted by Gasteiger charge is -2.09. The van der Waals surface area contributed by atoms with Crippen LogP contribution in [0.3, 0.4) is 0 Å². The fourth-order valence-electron chi connectivity index (χ4n) is 2.74. The van der Waals surface area contributed by atoms with E-state index >= 15 is 0 Å². The number of amidine groups is 1. The highest BCUT2D eigenvalue weighted by molar-refractivity contribution is 9.10. The SMILES string of the molecule is CCOC(=O)c1ccc(N=C2SC(=Cc3cc(Br)c(O)c(OCC)c3)C(=O)N2C)cc1. The van der Waals surface area contributed by atoms with Crippen LogP contribution < -0.4 is 4.74 Å². The number of hydrogen-bond acceptors (Lipinski definition) is 7. The van der Waals surface area contributed by atoms with Crippen molar-refractivity contribution in [3.8, 4) is 11.5 Å². The predicted octanol–water partition coefficient (Wildman–Crippen LogP) is 4.96. The number of likely N-dealkylation sites (N-methyl/N-ethyl adjacent to an activating group) is 1. The maximum absolute atomic E-state index is 12.7. The number of carbonyl (C=O) groups excluding carboxylic acids is 2. The molecule has 0 aromatic heterocycles. The van der Waals surface area contributed by atoms with Gasteiger partial charge >= 0.3 is 5.97 Å². The molecule has 2 aromatic rings. The van der Waals surface area contributed by atoms with Crippen molar-refractivity contribution in [2.75, 3.05) is 20.3 Å². The van der Waals surface area contributed by atoms with Gasteiger partial charge in [0.2, 0.25) is 0 Å². The first-order valence-corrected chi connectivity index (χ1v) is 11.1. The molecule has 1 aliphatic rings. The minimum Gasteiger partial charge on any atom is -0.503 e. The lowest BCUT2D eigenvalue weighted by Crippen LogP contribution is -2.23. The number of phenolic OH excluding ortho intramolecular Hbond substituents is 1. The molecule has 0 aliphatic carbocycles. The summed E-state index contributed by atoms with van der Waals surface area (Å²) < 4.78 is 10.9. The Morgan fingerprint density at radius 2 is 1.94 bits per heavy atom. The van der Waals surface area contributed by atoms with E-state index in [9.17, 15) is 14.7 Å². The molecular formula is C22H21BrN2O5S. The van der Waals surface area contributed by atoms with E-state index in [1.165, 1.54) is 16.7 Å². The molecule has 1 fully saturated rings. The van der Waals surface area contributed by atoms with Gasteiger partial charge in [0.15, 0.2) is 16.7 Å².